The molecule has 0 aromatic heterocycles. The van der Waals surface area contributed by atoms with Gasteiger partial charge in [0.1, 0.15) is 0 Å². The summed E-state index contributed by atoms with van der Waals surface area (Å²) in [5.41, 5.74) is 2.51. The molecule has 0 bridgehead atoms. The summed E-state index contributed by atoms with van der Waals surface area (Å²) in [5.74, 6) is -0.0502. The van der Waals surface area contributed by atoms with Crippen molar-refractivity contribution in [2.45, 2.75) is 57.7 Å². The van der Waals surface area contributed by atoms with Crippen LogP contribution >= 0.6 is 0 Å². The van der Waals surface area contributed by atoms with Crippen LogP contribution in [0.15, 0.2) is 0 Å². The van der Waals surface area contributed by atoms with E-state index in [1.807, 2.05) is 6.92 Å². The van der Waals surface area contributed by atoms with E-state index < -0.39 is 0 Å². The summed E-state index contributed by atoms with van der Waals surface area (Å²) in [6, 6.07) is 0. The zero-order valence-corrected chi connectivity index (χ0v) is 9.62. The van der Waals surface area contributed by atoms with Crippen LogP contribution < -0.4 is 5.48 Å². The van der Waals surface area contributed by atoms with Gasteiger partial charge in [-0.15, -0.1) is 0 Å². The van der Waals surface area contributed by atoms with Gasteiger partial charge in [0.2, 0.25) is 5.91 Å². The SMILES string of the molecule is COC(C)CCC(=O)NOC1CCCC1. The lowest BCUT2D eigenvalue weighted by atomic mass is 10.2. The fourth-order valence-electron chi connectivity index (χ4n) is 1.66. The smallest absolute Gasteiger partial charge is 0.243 e. The molecule has 1 fully saturated rings. The second-order valence-electron chi connectivity index (χ2n) is 4.13. The Morgan fingerprint density at radius 3 is 2.73 bits per heavy atom. The Morgan fingerprint density at radius 1 is 1.47 bits per heavy atom. The van der Waals surface area contributed by atoms with Gasteiger partial charge < -0.3 is 4.74 Å². The number of hydrogen-bond acceptors (Lipinski definition) is 3. The van der Waals surface area contributed by atoms with Gasteiger partial charge in [0.05, 0.1) is 12.2 Å². The molecule has 1 atom stereocenters. The maximum Gasteiger partial charge on any atom is 0.243 e. The molecule has 0 aromatic rings. The summed E-state index contributed by atoms with van der Waals surface area (Å²) in [4.78, 5) is 16.6. The standard InChI is InChI=1S/C11H21NO3/c1-9(14-2)7-8-11(13)12-15-10-5-3-4-6-10/h9-10H,3-8H2,1-2H3,(H,12,13). The number of carbonyl (C=O) groups is 1. The highest BCUT2D eigenvalue weighted by atomic mass is 16.7. The van der Waals surface area contributed by atoms with Gasteiger partial charge >= 0.3 is 0 Å². The molecule has 15 heavy (non-hydrogen) atoms. The third-order valence-corrected chi connectivity index (χ3v) is 2.82. The van der Waals surface area contributed by atoms with Gasteiger partial charge in [0, 0.05) is 13.5 Å². The van der Waals surface area contributed by atoms with Crippen molar-refractivity contribution in [3.63, 3.8) is 0 Å². The van der Waals surface area contributed by atoms with E-state index in [0.717, 1.165) is 19.3 Å². The number of ether oxygens (including phenoxy) is 1. The zero-order valence-electron chi connectivity index (χ0n) is 9.62. The van der Waals surface area contributed by atoms with E-state index in [9.17, 15) is 4.79 Å². The van der Waals surface area contributed by atoms with Crippen LogP contribution in [0.2, 0.25) is 0 Å². The molecule has 1 aliphatic carbocycles. The number of nitrogens with one attached hydrogen (secondary N) is 1. The first-order valence-electron chi connectivity index (χ1n) is 5.69. The van der Waals surface area contributed by atoms with Crippen LogP contribution in [0.4, 0.5) is 0 Å². The highest BCUT2D eigenvalue weighted by Crippen LogP contribution is 2.19. The van der Waals surface area contributed by atoms with Gasteiger partial charge in [-0.1, -0.05) is 12.8 Å². The van der Waals surface area contributed by atoms with Crippen molar-refractivity contribution in [1.29, 1.82) is 0 Å². The van der Waals surface area contributed by atoms with Crippen LogP contribution in [-0.4, -0.2) is 25.2 Å². The fourth-order valence-corrected chi connectivity index (χ4v) is 1.66. The van der Waals surface area contributed by atoms with Crippen LogP contribution in [0, 0.1) is 0 Å². The molecule has 0 saturated heterocycles. The molecule has 1 unspecified atom stereocenters. The molecule has 0 aliphatic heterocycles. The van der Waals surface area contributed by atoms with Crippen LogP contribution in [0.25, 0.3) is 0 Å². The number of hydrogen-bond donors (Lipinski definition) is 1. The molecular weight excluding hydrogens is 194 g/mol. The second kappa shape index (κ2) is 6.80. The first-order chi connectivity index (χ1) is 7.22. The van der Waals surface area contributed by atoms with Crippen molar-refractivity contribution < 1.29 is 14.4 Å². The lowest BCUT2D eigenvalue weighted by Crippen LogP contribution is -2.28. The lowest BCUT2D eigenvalue weighted by molar-refractivity contribution is -0.138. The van der Waals surface area contributed by atoms with Gasteiger partial charge in [-0.05, 0) is 26.2 Å². The third-order valence-electron chi connectivity index (χ3n) is 2.82. The molecule has 1 amide bonds. The minimum atomic E-state index is -0.0502. The Morgan fingerprint density at radius 2 is 2.13 bits per heavy atom. The van der Waals surface area contributed by atoms with E-state index in [4.69, 9.17) is 9.57 Å². The van der Waals surface area contributed by atoms with Gasteiger partial charge in [0.15, 0.2) is 0 Å². The van der Waals surface area contributed by atoms with Gasteiger partial charge in [-0.2, -0.15) is 0 Å². The van der Waals surface area contributed by atoms with Crippen LogP contribution in [0.5, 0.6) is 0 Å². The number of rotatable bonds is 6. The normalized spacial score (nSPS) is 19.1. The average Bonchev–Trinajstić information content (AvgIpc) is 2.75. The Bertz CT molecular complexity index is 190. The number of methoxy groups -OCH3 is 1. The molecule has 4 heteroatoms. The summed E-state index contributed by atoms with van der Waals surface area (Å²) in [6.45, 7) is 1.95. The summed E-state index contributed by atoms with van der Waals surface area (Å²) in [7, 11) is 1.65. The van der Waals surface area contributed by atoms with Crippen LogP contribution in [0.3, 0.4) is 0 Å². The van der Waals surface area contributed by atoms with Crippen molar-refractivity contribution in [3.05, 3.63) is 0 Å². The highest BCUT2D eigenvalue weighted by Gasteiger charge is 2.16. The predicted molar refractivity (Wildman–Crippen MR) is 57.2 cm³/mol. The van der Waals surface area contributed by atoms with Gasteiger partial charge in [-0.3, -0.25) is 9.63 Å². The maximum atomic E-state index is 11.3. The quantitative estimate of drug-likeness (QED) is 0.687. The van der Waals surface area contributed by atoms with Gasteiger partial charge in [-0.25, -0.2) is 5.48 Å². The zero-order chi connectivity index (χ0) is 11.1. The molecule has 1 N–H and O–H groups in total. The minimum absolute atomic E-state index is 0.0502. The predicted octanol–water partition coefficient (Wildman–Crippen LogP) is 1.79. The van der Waals surface area contributed by atoms with E-state index in [1.54, 1.807) is 7.11 Å². The van der Waals surface area contributed by atoms with Crippen molar-refractivity contribution in [2.75, 3.05) is 7.11 Å². The van der Waals surface area contributed by atoms with Crippen molar-refractivity contribution in [3.8, 4) is 0 Å². The fraction of sp³-hybridized carbons (Fsp3) is 0.909. The maximum absolute atomic E-state index is 11.3. The molecule has 88 valence electrons. The molecule has 0 radical (unpaired) electrons. The number of carbonyl (C=O) groups excluding carboxylic acids is 1. The van der Waals surface area contributed by atoms with Crippen molar-refractivity contribution in [2.24, 2.45) is 0 Å². The summed E-state index contributed by atoms with van der Waals surface area (Å²) in [5, 5.41) is 0. The number of amides is 1. The van der Waals surface area contributed by atoms with E-state index in [2.05, 4.69) is 5.48 Å². The molecule has 1 saturated carbocycles. The van der Waals surface area contributed by atoms with E-state index in [0.29, 0.717) is 6.42 Å². The Kier molecular flexibility index (Phi) is 5.65. The molecule has 0 heterocycles. The summed E-state index contributed by atoms with van der Waals surface area (Å²) in [6.07, 6.45) is 6.10. The Hall–Kier alpha value is -0.610. The molecule has 1 rings (SSSR count). The number of hydroxylamine groups is 1. The molecule has 0 spiro atoms. The summed E-state index contributed by atoms with van der Waals surface area (Å²) >= 11 is 0. The van der Waals surface area contributed by atoms with Crippen molar-refractivity contribution >= 4 is 5.91 Å². The minimum Gasteiger partial charge on any atom is -0.382 e. The van der Waals surface area contributed by atoms with Crippen LogP contribution in [-0.2, 0) is 14.4 Å². The average molecular weight is 215 g/mol. The van der Waals surface area contributed by atoms with Gasteiger partial charge in [0.25, 0.3) is 0 Å². The second-order valence-corrected chi connectivity index (χ2v) is 4.13. The monoisotopic (exact) mass is 215 g/mol. The topological polar surface area (TPSA) is 47.6 Å². The third kappa shape index (κ3) is 5.14. The molecule has 1 aliphatic rings. The Labute approximate surface area is 91.3 Å². The summed E-state index contributed by atoms with van der Waals surface area (Å²) < 4.78 is 5.06. The first-order valence-corrected chi connectivity index (χ1v) is 5.69. The molecular formula is C11H21NO3. The molecule has 4 nitrogen and oxygen atoms in total. The lowest BCUT2D eigenvalue weighted by Gasteiger charge is -2.12. The van der Waals surface area contributed by atoms with E-state index in [1.165, 1.54) is 12.8 Å². The highest BCUT2D eigenvalue weighted by molar-refractivity contribution is 5.74. The molecule has 0 aromatic carbocycles. The van der Waals surface area contributed by atoms with Crippen LogP contribution in [0.1, 0.15) is 45.4 Å². The van der Waals surface area contributed by atoms with E-state index >= 15 is 0 Å². The van der Waals surface area contributed by atoms with Crippen molar-refractivity contribution in [1.82, 2.24) is 5.48 Å². The largest absolute Gasteiger partial charge is 0.382 e. The van der Waals surface area contributed by atoms with E-state index in [-0.39, 0.29) is 18.1 Å². The Balaban J connectivity index is 2.02. The first kappa shape index (κ1) is 12.5.